The highest BCUT2D eigenvalue weighted by Gasteiger charge is 2.25. The Balaban J connectivity index is 1.35. The molecule has 0 amide bonds. The number of H-pyrrole nitrogens is 1. The van der Waals surface area contributed by atoms with Crippen LogP contribution in [0.5, 0.6) is 0 Å². The first kappa shape index (κ1) is 19.9. The van der Waals surface area contributed by atoms with Crippen molar-refractivity contribution in [2.75, 3.05) is 31.1 Å². The summed E-state index contributed by atoms with van der Waals surface area (Å²) in [5.74, 6) is 0.817. The van der Waals surface area contributed by atoms with Gasteiger partial charge in [0, 0.05) is 50.0 Å². The molecule has 0 spiro atoms. The fraction of sp³-hybridized carbons (Fsp3) is 0.400. The second-order valence-corrected chi connectivity index (χ2v) is 8.63. The van der Waals surface area contributed by atoms with Crippen molar-refractivity contribution in [1.82, 2.24) is 19.9 Å². The zero-order chi connectivity index (χ0) is 21.0. The van der Waals surface area contributed by atoms with E-state index in [9.17, 15) is 4.79 Å². The minimum atomic E-state index is -0.109. The number of aromatic amines is 1. The number of pyridine rings is 1. The van der Waals surface area contributed by atoms with E-state index in [1.54, 1.807) is 12.3 Å². The van der Waals surface area contributed by atoms with E-state index in [1.165, 1.54) is 24.1 Å². The summed E-state index contributed by atoms with van der Waals surface area (Å²) in [6, 6.07) is 16.1. The van der Waals surface area contributed by atoms with Crippen molar-refractivity contribution in [3.05, 3.63) is 76.3 Å². The van der Waals surface area contributed by atoms with E-state index < -0.39 is 0 Å². The Labute approximate surface area is 183 Å². The molecule has 1 N–H and O–H groups in total. The molecule has 3 aromatic rings. The van der Waals surface area contributed by atoms with Crippen molar-refractivity contribution < 1.29 is 0 Å². The lowest BCUT2D eigenvalue weighted by Gasteiger charge is -2.33. The van der Waals surface area contributed by atoms with Gasteiger partial charge in [-0.15, -0.1) is 0 Å². The lowest BCUT2D eigenvalue weighted by Crippen LogP contribution is -2.35. The minimum Gasteiger partial charge on any atom is -0.371 e. The molecule has 6 heteroatoms. The molecule has 5 rings (SSSR count). The summed E-state index contributed by atoms with van der Waals surface area (Å²) in [5, 5.41) is 0. The van der Waals surface area contributed by atoms with Crippen molar-refractivity contribution in [3.8, 4) is 11.5 Å². The highest BCUT2D eigenvalue weighted by molar-refractivity contribution is 5.54. The predicted octanol–water partition coefficient (Wildman–Crippen LogP) is 3.81. The maximum absolute atomic E-state index is 12.3. The van der Waals surface area contributed by atoms with Gasteiger partial charge in [-0.1, -0.05) is 24.3 Å². The standard InChI is InChI=1S/C25H29N5O/c31-24-16-22(27-25(28-24)21-10-3-4-12-26-21)19-9-7-13-29(17-19)18-20-8-1-2-11-23(20)30-14-5-6-15-30/h1-4,8,10-12,16,19H,5-7,9,13-15,17-18H2,(H,27,28,31). The van der Waals surface area contributed by atoms with Crippen LogP contribution in [0.1, 0.15) is 42.9 Å². The van der Waals surface area contributed by atoms with E-state index >= 15 is 0 Å². The van der Waals surface area contributed by atoms with E-state index in [0.29, 0.717) is 11.5 Å². The van der Waals surface area contributed by atoms with Gasteiger partial charge < -0.3 is 9.88 Å². The molecule has 31 heavy (non-hydrogen) atoms. The summed E-state index contributed by atoms with van der Waals surface area (Å²) < 4.78 is 0. The molecule has 2 saturated heterocycles. The van der Waals surface area contributed by atoms with Gasteiger partial charge in [-0.3, -0.25) is 14.7 Å². The van der Waals surface area contributed by atoms with Crippen LogP contribution in [0.25, 0.3) is 11.5 Å². The molecule has 2 aromatic heterocycles. The highest BCUT2D eigenvalue weighted by atomic mass is 16.1. The smallest absolute Gasteiger partial charge is 0.251 e. The summed E-state index contributed by atoms with van der Waals surface area (Å²) in [6.07, 6.45) is 6.47. The number of piperidine rings is 1. The van der Waals surface area contributed by atoms with Crippen molar-refractivity contribution in [1.29, 1.82) is 0 Å². The summed E-state index contributed by atoms with van der Waals surface area (Å²) in [7, 11) is 0. The lowest BCUT2D eigenvalue weighted by atomic mass is 9.94. The van der Waals surface area contributed by atoms with Crippen LogP contribution in [0, 0.1) is 0 Å². The molecule has 1 aromatic carbocycles. The number of likely N-dealkylation sites (tertiary alicyclic amines) is 1. The molecule has 160 valence electrons. The molecular formula is C25H29N5O. The summed E-state index contributed by atoms with van der Waals surface area (Å²) in [4.78, 5) is 29.4. The van der Waals surface area contributed by atoms with Crippen molar-refractivity contribution in [2.45, 2.75) is 38.1 Å². The van der Waals surface area contributed by atoms with E-state index in [2.05, 4.69) is 44.0 Å². The second kappa shape index (κ2) is 9.02. The Morgan fingerprint density at radius 1 is 1.00 bits per heavy atom. The molecule has 0 saturated carbocycles. The first-order chi connectivity index (χ1) is 15.3. The number of nitrogens with one attached hydrogen (secondary N) is 1. The topological polar surface area (TPSA) is 65.1 Å². The van der Waals surface area contributed by atoms with Gasteiger partial charge in [-0.25, -0.2) is 4.98 Å². The number of hydrogen-bond donors (Lipinski definition) is 1. The Kier molecular flexibility index (Phi) is 5.80. The quantitative estimate of drug-likeness (QED) is 0.686. The van der Waals surface area contributed by atoms with Crippen LogP contribution in [0.2, 0.25) is 0 Å². The van der Waals surface area contributed by atoms with E-state index in [4.69, 9.17) is 4.98 Å². The third-order valence-corrected chi connectivity index (χ3v) is 6.43. The van der Waals surface area contributed by atoms with Crippen molar-refractivity contribution in [2.24, 2.45) is 0 Å². The SMILES string of the molecule is O=c1cc(C2CCCN(Cc3ccccc3N3CCCC3)C2)nc(-c2ccccn2)[nH]1. The maximum atomic E-state index is 12.3. The van der Waals surface area contributed by atoms with E-state index in [-0.39, 0.29) is 11.5 Å². The van der Waals surface area contributed by atoms with Crippen LogP contribution in [0.4, 0.5) is 5.69 Å². The largest absolute Gasteiger partial charge is 0.371 e. The van der Waals surface area contributed by atoms with Crippen molar-refractivity contribution >= 4 is 5.69 Å². The molecule has 0 aliphatic carbocycles. The summed E-state index contributed by atoms with van der Waals surface area (Å²) in [6.45, 7) is 5.27. The Bertz CT molecular complexity index is 1070. The van der Waals surface area contributed by atoms with Crippen LogP contribution in [-0.2, 0) is 6.54 Å². The Morgan fingerprint density at radius 3 is 2.68 bits per heavy atom. The minimum absolute atomic E-state index is 0.109. The fourth-order valence-corrected chi connectivity index (χ4v) is 4.90. The van der Waals surface area contributed by atoms with Gasteiger partial charge in [0.15, 0.2) is 5.82 Å². The monoisotopic (exact) mass is 415 g/mol. The van der Waals surface area contributed by atoms with Crippen LogP contribution in [0.15, 0.2) is 59.5 Å². The molecule has 0 radical (unpaired) electrons. The van der Waals surface area contributed by atoms with Gasteiger partial charge in [-0.2, -0.15) is 0 Å². The van der Waals surface area contributed by atoms with Crippen LogP contribution < -0.4 is 10.5 Å². The number of aromatic nitrogens is 3. The average molecular weight is 416 g/mol. The molecular weight excluding hydrogens is 386 g/mol. The zero-order valence-corrected chi connectivity index (χ0v) is 17.8. The normalized spacial score (nSPS) is 19.6. The molecule has 2 fully saturated rings. The molecule has 2 aliphatic heterocycles. The number of anilines is 1. The number of rotatable bonds is 5. The van der Waals surface area contributed by atoms with E-state index in [1.807, 2.05) is 18.2 Å². The molecule has 2 aliphatic rings. The van der Waals surface area contributed by atoms with E-state index in [0.717, 1.165) is 51.3 Å². The average Bonchev–Trinajstić information content (AvgIpc) is 3.35. The van der Waals surface area contributed by atoms with Gasteiger partial charge >= 0.3 is 0 Å². The molecule has 1 atom stereocenters. The maximum Gasteiger partial charge on any atom is 0.251 e. The Hall–Kier alpha value is -2.99. The van der Waals surface area contributed by atoms with Gasteiger partial charge in [0.1, 0.15) is 5.69 Å². The number of hydrogen-bond acceptors (Lipinski definition) is 5. The van der Waals surface area contributed by atoms with Gasteiger partial charge in [-0.05, 0) is 56.0 Å². The van der Waals surface area contributed by atoms with Crippen LogP contribution in [0.3, 0.4) is 0 Å². The summed E-state index contributed by atoms with van der Waals surface area (Å²) >= 11 is 0. The van der Waals surface area contributed by atoms with Crippen molar-refractivity contribution in [3.63, 3.8) is 0 Å². The van der Waals surface area contributed by atoms with Gasteiger partial charge in [0.25, 0.3) is 5.56 Å². The zero-order valence-electron chi connectivity index (χ0n) is 17.8. The molecule has 0 bridgehead atoms. The first-order valence-electron chi connectivity index (χ1n) is 11.3. The third-order valence-electron chi connectivity index (χ3n) is 6.43. The highest BCUT2D eigenvalue weighted by Crippen LogP contribution is 2.30. The second-order valence-electron chi connectivity index (χ2n) is 8.63. The summed E-state index contributed by atoms with van der Waals surface area (Å²) in [5.41, 5.74) is 4.25. The van der Waals surface area contributed by atoms with Crippen LogP contribution >= 0.6 is 0 Å². The number of nitrogens with zero attached hydrogens (tertiary/aromatic N) is 4. The molecule has 1 unspecified atom stereocenters. The first-order valence-corrected chi connectivity index (χ1v) is 11.3. The molecule has 4 heterocycles. The van der Waals surface area contributed by atoms with Crippen LogP contribution in [-0.4, -0.2) is 46.0 Å². The third kappa shape index (κ3) is 4.54. The van der Waals surface area contributed by atoms with Gasteiger partial charge in [0.2, 0.25) is 0 Å². The lowest BCUT2D eigenvalue weighted by molar-refractivity contribution is 0.198. The number of benzene rings is 1. The number of para-hydroxylation sites is 1. The predicted molar refractivity (Wildman–Crippen MR) is 123 cm³/mol. The fourth-order valence-electron chi connectivity index (χ4n) is 4.90. The Morgan fingerprint density at radius 2 is 1.84 bits per heavy atom. The molecule has 6 nitrogen and oxygen atoms in total. The van der Waals surface area contributed by atoms with Gasteiger partial charge in [0.05, 0.1) is 5.69 Å².